The first-order valence-electron chi connectivity index (χ1n) is 5.42. The zero-order valence-electron chi connectivity index (χ0n) is 9.32. The maximum atomic E-state index is 5.76. The molecule has 1 nitrogen and oxygen atoms in total. The highest BCUT2D eigenvalue weighted by Crippen LogP contribution is 2.24. The Morgan fingerprint density at radius 3 is 2.56 bits per heavy atom. The van der Waals surface area contributed by atoms with Gasteiger partial charge in [0.2, 0.25) is 0 Å². The molecule has 0 aliphatic carbocycles. The van der Waals surface area contributed by atoms with Gasteiger partial charge >= 0.3 is 0 Å². The van der Waals surface area contributed by atoms with Gasteiger partial charge in [0.15, 0.2) is 0 Å². The van der Waals surface area contributed by atoms with E-state index in [4.69, 9.17) is 16.3 Å². The third-order valence-electron chi connectivity index (χ3n) is 2.80. The average molecular weight is 235 g/mol. The largest absolute Gasteiger partial charge is 0.377 e. The number of rotatable bonds is 4. The van der Waals surface area contributed by atoms with Crippen LogP contribution in [0.15, 0.2) is 42.5 Å². The van der Waals surface area contributed by atoms with E-state index in [9.17, 15) is 0 Å². The average Bonchev–Trinajstić information content (AvgIpc) is 2.35. The second-order valence-electron chi connectivity index (χ2n) is 3.81. The van der Waals surface area contributed by atoms with E-state index in [1.807, 2.05) is 0 Å². The molecule has 0 amide bonds. The molecule has 0 saturated carbocycles. The van der Waals surface area contributed by atoms with E-state index in [0.717, 1.165) is 6.42 Å². The molecule has 0 aliphatic heterocycles. The van der Waals surface area contributed by atoms with Gasteiger partial charge < -0.3 is 4.74 Å². The fourth-order valence-electron chi connectivity index (χ4n) is 1.93. The van der Waals surface area contributed by atoms with Crippen LogP contribution in [0, 0.1) is 0 Å². The number of halogens is 1. The lowest BCUT2D eigenvalue weighted by Gasteiger charge is -2.14. The van der Waals surface area contributed by atoms with Crippen molar-refractivity contribution >= 4 is 22.4 Å². The van der Waals surface area contributed by atoms with Crippen molar-refractivity contribution in [2.75, 3.05) is 13.0 Å². The molecule has 0 spiro atoms. The van der Waals surface area contributed by atoms with Gasteiger partial charge in [-0.1, -0.05) is 36.4 Å². The minimum absolute atomic E-state index is 0.0992. The van der Waals surface area contributed by atoms with Crippen molar-refractivity contribution < 1.29 is 4.74 Å². The Morgan fingerprint density at radius 2 is 1.88 bits per heavy atom. The van der Waals surface area contributed by atoms with Crippen LogP contribution in [0.1, 0.15) is 18.1 Å². The Hall–Kier alpha value is -1.05. The lowest BCUT2D eigenvalue weighted by atomic mass is 10.0. The van der Waals surface area contributed by atoms with Crippen LogP contribution in [0.5, 0.6) is 0 Å². The molecule has 1 atom stereocenters. The normalized spacial score (nSPS) is 12.9. The molecule has 84 valence electrons. The molecule has 2 aromatic carbocycles. The number of hydrogen-bond donors (Lipinski definition) is 0. The molecular formula is C14H15ClO. The van der Waals surface area contributed by atoms with Crippen molar-refractivity contribution in [3.8, 4) is 0 Å². The smallest absolute Gasteiger partial charge is 0.0832 e. The fourth-order valence-corrected chi connectivity index (χ4v) is 2.13. The molecule has 2 aromatic rings. The Morgan fingerprint density at radius 1 is 1.12 bits per heavy atom. The van der Waals surface area contributed by atoms with E-state index in [2.05, 4.69) is 42.5 Å². The maximum absolute atomic E-state index is 5.76. The van der Waals surface area contributed by atoms with Gasteiger partial charge in [0.25, 0.3) is 0 Å². The van der Waals surface area contributed by atoms with Crippen molar-refractivity contribution in [2.45, 2.75) is 12.5 Å². The molecule has 0 aromatic heterocycles. The molecule has 0 N–H and O–H groups in total. The van der Waals surface area contributed by atoms with Crippen molar-refractivity contribution in [3.63, 3.8) is 0 Å². The summed E-state index contributed by atoms with van der Waals surface area (Å²) in [6, 6.07) is 14.8. The van der Waals surface area contributed by atoms with Crippen molar-refractivity contribution in [2.24, 2.45) is 0 Å². The highest BCUT2D eigenvalue weighted by atomic mass is 35.5. The minimum Gasteiger partial charge on any atom is -0.377 e. The van der Waals surface area contributed by atoms with Crippen LogP contribution in [-0.2, 0) is 4.74 Å². The summed E-state index contributed by atoms with van der Waals surface area (Å²) < 4.78 is 5.44. The number of benzene rings is 2. The van der Waals surface area contributed by atoms with Crippen molar-refractivity contribution in [3.05, 3.63) is 48.0 Å². The Labute approximate surface area is 101 Å². The van der Waals surface area contributed by atoms with Crippen LogP contribution < -0.4 is 0 Å². The van der Waals surface area contributed by atoms with Gasteiger partial charge in [-0.05, 0) is 28.8 Å². The molecule has 0 fully saturated rings. The van der Waals surface area contributed by atoms with Crippen LogP contribution >= 0.6 is 11.6 Å². The van der Waals surface area contributed by atoms with Crippen LogP contribution in [0.2, 0.25) is 0 Å². The predicted molar refractivity (Wildman–Crippen MR) is 69.0 cm³/mol. The van der Waals surface area contributed by atoms with Crippen LogP contribution in [0.4, 0.5) is 0 Å². The van der Waals surface area contributed by atoms with Gasteiger partial charge in [0.05, 0.1) is 6.10 Å². The van der Waals surface area contributed by atoms with Crippen LogP contribution in [-0.4, -0.2) is 13.0 Å². The van der Waals surface area contributed by atoms with E-state index in [1.165, 1.54) is 16.3 Å². The van der Waals surface area contributed by atoms with Crippen LogP contribution in [0.3, 0.4) is 0 Å². The Bertz CT molecular complexity index is 467. The summed E-state index contributed by atoms with van der Waals surface area (Å²) in [7, 11) is 1.73. The molecule has 0 radical (unpaired) electrons. The third-order valence-corrected chi connectivity index (χ3v) is 3.02. The first-order chi connectivity index (χ1) is 7.85. The lowest BCUT2D eigenvalue weighted by molar-refractivity contribution is 0.101. The summed E-state index contributed by atoms with van der Waals surface area (Å²) >= 11 is 5.76. The van der Waals surface area contributed by atoms with E-state index >= 15 is 0 Å². The van der Waals surface area contributed by atoms with Gasteiger partial charge in [0, 0.05) is 13.0 Å². The van der Waals surface area contributed by atoms with E-state index < -0.39 is 0 Å². The molecule has 0 heterocycles. The topological polar surface area (TPSA) is 9.23 Å². The Balaban J connectivity index is 2.37. The SMILES string of the molecule is COC(CCCl)c1ccc2ccccc2c1. The van der Waals surface area contributed by atoms with Gasteiger partial charge in [-0.15, -0.1) is 11.6 Å². The Kier molecular flexibility index (Phi) is 3.81. The minimum atomic E-state index is 0.0992. The number of methoxy groups -OCH3 is 1. The standard InChI is InChI=1S/C14H15ClO/c1-16-14(8-9-15)13-7-6-11-4-2-3-5-12(11)10-13/h2-7,10,14H,8-9H2,1H3. The highest BCUT2D eigenvalue weighted by Gasteiger charge is 2.09. The predicted octanol–water partition coefficient (Wildman–Crippen LogP) is 4.16. The van der Waals surface area contributed by atoms with E-state index in [1.54, 1.807) is 7.11 Å². The maximum Gasteiger partial charge on any atom is 0.0832 e. The fraction of sp³-hybridized carbons (Fsp3) is 0.286. The third kappa shape index (κ3) is 2.37. The van der Waals surface area contributed by atoms with Gasteiger partial charge in [0.1, 0.15) is 0 Å². The van der Waals surface area contributed by atoms with Crippen molar-refractivity contribution in [1.29, 1.82) is 0 Å². The number of fused-ring (bicyclic) bond motifs is 1. The monoisotopic (exact) mass is 234 g/mol. The lowest BCUT2D eigenvalue weighted by Crippen LogP contribution is -2.01. The summed E-state index contributed by atoms with van der Waals surface area (Å²) in [5.74, 6) is 0.616. The first kappa shape index (κ1) is 11.4. The second kappa shape index (κ2) is 5.33. The summed E-state index contributed by atoms with van der Waals surface area (Å²) in [6.45, 7) is 0. The molecule has 0 bridgehead atoms. The summed E-state index contributed by atoms with van der Waals surface area (Å²) in [5.41, 5.74) is 1.20. The molecule has 2 rings (SSSR count). The van der Waals surface area contributed by atoms with Gasteiger partial charge in [-0.3, -0.25) is 0 Å². The zero-order valence-corrected chi connectivity index (χ0v) is 10.1. The van der Waals surface area contributed by atoms with E-state index in [-0.39, 0.29) is 6.10 Å². The molecule has 0 aliphatic rings. The van der Waals surface area contributed by atoms with Gasteiger partial charge in [-0.2, -0.15) is 0 Å². The molecule has 1 unspecified atom stereocenters. The number of alkyl halides is 1. The highest BCUT2D eigenvalue weighted by molar-refractivity contribution is 6.17. The number of hydrogen-bond acceptors (Lipinski definition) is 1. The van der Waals surface area contributed by atoms with Crippen molar-refractivity contribution in [1.82, 2.24) is 0 Å². The molecule has 0 saturated heterocycles. The molecular weight excluding hydrogens is 220 g/mol. The summed E-state index contributed by atoms with van der Waals surface area (Å²) in [4.78, 5) is 0. The number of ether oxygens (including phenoxy) is 1. The zero-order chi connectivity index (χ0) is 11.4. The summed E-state index contributed by atoms with van der Waals surface area (Å²) in [5, 5.41) is 2.50. The van der Waals surface area contributed by atoms with Crippen LogP contribution in [0.25, 0.3) is 10.8 Å². The molecule has 2 heteroatoms. The van der Waals surface area contributed by atoms with Gasteiger partial charge in [-0.25, -0.2) is 0 Å². The summed E-state index contributed by atoms with van der Waals surface area (Å²) in [6.07, 6.45) is 0.943. The first-order valence-corrected chi connectivity index (χ1v) is 5.96. The van der Waals surface area contributed by atoms with E-state index in [0.29, 0.717) is 5.88 Å². The molecule has 16 heavy (non-hydrogen) atoms. The second-order valence-corrected chi connectivity index (χ2v) is 4.19. The quantitative estimate of drug-likeness (QED) is 0.722.